The summed E-state index contributed by atoms with van der Waals surface area (Å²) in [7, 11) is 0. The SMILES string of the molecule is CC(Cc1c(O)ccc(O)c1F)C(=O)O. The molecule has 4 nitrogen and oxygen atoms in total. The van der Waals surface area contributed by atoms with E-state index in [2.05, 4.69) is 0 Å². The van der Waals surface area contributed by atoms with Crippen molar-refractivity contribution >= 4 is 5.97 Å². The second-order valence-electron chi connectivity index (χ2n) is 3.34. The Morgan fingerprint density at radius 2 is 1.93 bits per heavy atom. The van der Waals surface area contributed by atoms with E-state index < -0.39 is 23.5 Å². The van der Waals surface area contributed by atoms with Gasteiger partial charge in [-0.25, -0.2) is 4.39 Å². The van der Waals surface area contributed by atoms with E-state index in [0.717, 1.165) is 12.1 Å². The van der Waals surface area contributed by atoms with E-state index in [1.807, 2.05) is 0 Å². The van der Waals surface area contributed by atoms with Crippen molar-refractivity contribution in [3.8, 4) is 11.5 Å². The number of hydrogen-bond donors (Lipinski definition) is 3. The van der Waals surface area contributed by atoms with Crippen LogP contribution in [0.5, 0.6) is 11.5 Å². The number of hydrogen-bond acceptors (Lipinski definition) is 3. The number of carboxylic acid groups (broad SMARTS) is 1. The topological polar surface area (TPSA) is 77.8 Å². The van der Waals surface area contributed by atoms with Gasteiger partial charge in [0.1, 0.15) is 5.75 Å². The molecule has 0 heterocycles. The molecular formula is C10H11FO4. The van der Waals surface area contributed by atoms with Crippen LogP contribution >= 0.6 is 0 Å². The van der Waals surface area contributed by atoms with Crippen LogP contribution in [-0.2, 0) is 11.2 Å². The molecule has 1 aromatic carbocycles. The summed E-state index contributed by atoms with van der Waals surface area (Å²) < 4.78 is 13.3. The summed E-state index contributed by atoms with van der Waals surface area (Å²) in [5.74, 6) is -3.83. The molecule has 1 rings (SSSR count). The molecule has 1 aromatic rings. The number of phenolic OH excluding ortho intramolecular Hbond substituents is 2. The molecule has 0 fully saturated rings. The van der Waals surface area contributed by atoms with Gasteiger partial charge in [-0.1, -0.05) is 6.92 Å². The standard InChI is InChI=1S/C10H11FO4/c1-5(10(14)15)4-6-7(12)2-3-8(13)9(6)11/h2-3,5,12-13H,4H2,1H3,(H,14,15). The molecule has 0 saturated carbocycles. The lowest BCUT2D eigenvalue weighted by Gasteiger charge is -2.09. The first-order valence-electron chi connectivity index (χ1n) is 4.35. The van der Waals surface area contributed by atoms with Crippen molar-refractivity contribution in [3.63, 3.8) is 0 Å². The van der Waals surface area contributed by atoms with E-state index in [1.165, 1.54) is 6.92 Å². The van der Waals surface area contributed by atoms with Crippen LogP contribution < -0.4 is 0 Å². The summed E-state index contributed by atoms with van der Waals surface area (Å²) in [5.41, 5.74) is -0.176. The number of carbonyl (C=O) groups is 1. The molecule has 0 aromatic heterocycles. The molecule has 0 saturated heterocycles. The predicted molar refractivity (Wildman–Crippen MR) is 50.2 cm³/mol. The van der Waals surface area contributed by atoms with Crippen molar-refractivity contribution in [1.82, 2.24) is 0 Å². The highest BCUT2D eigenvalue weighted by Gasteiger charge is 2.19. The molecule has 0 aliphatic heterocycles. The van der Waals surface area contributed by atoms with Crippen LogP contribution in [0.25, 0.3) is 0 Å². The molecule has 0 amide bonds. The van der Waals surface area contributed by atoms with E-state index in [1.54, 1.807) is 0 Å². The lowest BCUT2D eigenvalue weighted by molar-refractivity contribution is -0.141. The van der Waals surface area contributed by atoms with Crippen LogP contribution in [0, 0.1) is 11.7 Å². The van der Waals surface area contributed by atoms with Gasteiger partial charge in [-0.2, -0.15) is 0 Å². The molecule has 1 atom stereocenters. The van der Waals surface area contributed by atoms with E-state index in [9.17, 15) is 14.3 Å². The Labute approximate surface area is 85.6 Å². The van der Waals surface area contributed by atoms with Crippen molar-refractivity contribution in [2.75, 3.05) is 0 Å². The maximum absolute atomic E-state index is 13.3. The molecule has 0 aliphatic carbocycles. The minimum absolute atomic E-state index is 0.165. The first kappa shape index (κ1) is 11.3. The van der Waals surface area contributed by atoms with Crippen LogP contribution in [0.1, 0.15) is 12.5 Å². The number of carboxylic acids is 1. The maximum Gasteiger partial charge on any atom is 0.306 e. The summed E-state index contributed by atoms with van der Waals surface area (Å²) >= 11 is 0. The van der Waals surface area contributed by atoms with Crippen molar-refractivity contribution < 1.29 is 24.5 Å². The quantitative estimate of drug-likeness (QED) is 0.666. The fourth-order valence-corrected chi connectivity index (χ4v) is 1.19. The number of aliphatic carboxylic acids is 1. The summed E-state index contributed by atoms with van der Waals surface area (Å²) in [6.07, 6.45) is -0.165. The molecule has 0 aliphatic rings. The van der Waals surface area contributed by atoms with Gasteiger partial charge in [0, 0.05) is 5.56 Å². The number of halogens is 1. The second kappa shape index (κ2) is 4.16. The zero-order valence-corrected chi connectivity index (χ0v) is 8.07. The molecule has 1 unspecified atom stereocenters. The van der Waals surface area contributed by atoms with Crippen molar-refractivity contribution in [2.45, 2.75) is 13.3 Å². The monoisotopic (exact) mass is 214 g/mol. The van der Waals surface area contributed by atoms with Gasteiger partial charge < -0.3 is 15.3 Å². The van der Waals surface area contributed by atoms with Crippen LogP contribution in [0.3, 0.4) is 0 Å². The zero-order valence-electron chi connectivity index (χ0n) is 8.07. The molecule has 0 bridgehead atoms. The van der Waals surface area contributed by atoms with Gasteiger partial charge in [-0.3, -0.25) is 4.79 Å². The molecule has 82 valence electrons. The smallest absolute Gasteiger partial charge is 0.306 e. The van der Waals surface area contributed by atoms with E-state index in [4.69, 9.17) is 10.2 Å². The first-order valence-corrected chi connectivity index (χ1v) is 4.35. The average molecular weight is 214 g/mol. The predicted octanol–water partition coefficient (Wildman–Crippen LogP) is 1.50. The van der Waals surface area contributed by atoms with Crippen molar-refractivity contribution in [3.05, 3.63) is 23.5 Å². The minimum atomic E-state index is -1.09. The van der Waals surface area contributed by atoms with Gasteiger partial charge >= 0.3 is 5.97 Å². The Morgan fingerprint density at radius 1 is 1.40 bits per heavy atom. The fraction of sp³-hybridized carbons (Fsp3) is 0.300. The van der Waals surface area contributed by atoms with Gasteiger partial charge in [0.15, 0.2) is 11.6 Å². The third kappa shape index (κ3) is 2.37. The normalized spacial score (nSPS) is 12.4. The Morgan fingerprint density at radius 3 is 2.47 bits per heavy atom. The molecule has 3 N–H and O–H groups in total. The number of rotatable bonds is 3. The first-order chi connectivity index (χ1) is 6.93. The highest BCUT2D eigenvalue weighted by molar-refractivity contribution is 5.70. The largest absolute Gasteiger partial charge is 0.508 e. The van der Waals surface area contributed by atoms with Crippen LogP contribution in [-0.4, -0.2) is 21.3 Å². The Hall–Kier alpha value is -1.78. The van der Waals surface area contributed by atoms with E-state index >= 15 is 0 Å². The lowest BCUT2D eigenvalue weighted by atomic mass is 10.00. The Balaban J connectivity index is 3.03. The number of benzene rings is 1. The average Bonchev–Trinajstić information content (AvgIpc) is 2.18. The molecule has 0 spiro atoms. The van der Waals surface area contributed by atoms with Crippen LogP contribution in [0.2, 0.25) is 0 Å². The third-order valence-corrected chi connectivity index (χ3v) is 2.13. The number of phenols is 2. The van der Waals surface area contributed by atoms with Gasteiger partial charge in [0.05, 0.1) is 5.92 Å². The Bertz CT molecular complexity index is 389. The summed E-state index contributed by atoms with van der Waals surface area (Å²) in [6, 6.07) is 2.14. The van der Waals surface area contributed by atoms with Crippen LogP contribution in [0.4, 0.5) is 4.39 Å². The van der Waals surface area contributed by atoms with E-state index in [0.29, 0.717) is 0 Å². The van der Waals surface area contributed by atoms with Crippen molar-refractivity contribution in [1.29, 1.82) is 0 Å². The van der Waals surface area contributed by atoms with Gasteiger partial charge in [-0.05, 0) is 18.6 Å². The third-order valence-electron chi connectivity index (χ3n) is 2.13. The zero-order chi connectivity index (χ0) is 11.6. The Kier molecular flexibility index (Phi) is 3.14. The lowest BCUT2D eigenvalue weighted by Crippen LogP contribution is -2.13. The van der Waals surface area contributed by atoms with Crippen molar-refractivity contribution in [2.24, 2.45) is 5.92 Å². The van der Waals surface area contributed by atoms with Gasteiger partial charge in [0.2, 0.25) is 0 Å². The minimum Gasteiger partial charge on any atom is -0.508 e. The molecular weight excluding hydrogens is 203 g/mol. The highest BCUT2D eigenvalue weighted by Crippen LogP contribution is 2.29. The highest BCUT2D eigenvalue weighted by atomic mass is 19.1. The number of aromatic hydroxyl groups is 2. The van der Waals surface area contributed by atoms with Gasteiger partial charge in [0.25, 0.3) is 0 Å². The molecule has 0 radical (unpaired) electrons. The molecule has 15 heavy (non-hydrogen) atoms. The van der Waals surface area contributed by atoms with Crippen LogP contribution in [0.15, 0.2) is 12.1 Å². The molecule has 5 heteroatoms. The second-order valence-corrected chi connectivity index (χ2v) is 3.34. The van der Waals surface area contributed by atoms with Gasteiger partial charge in [-0.15, -0.1) is 0 Å². The maximum atomic E-state index is 13.3. The summed E-state index contributed by atoms with van der Waals surface area (Å²) in [6.45, 7) is 1.39. The fourth-order valence-electron chi connectivity index (χ4n) is 1.19. The van der Waals surface area contributed by atoms with E-state index in [-0.39, 0.29) is 17.7 Å². The summed E-state index contributed by atoms with van der Waals surface area (Å²) in [5, 5.41) is 27.0. The summed E-state index contributed by atoms with van der Waals surface area (Å²) in [4.78, 5) is 10.5.